The molecule has 1 aromatic rings. The highest BCUT2D eigenvalue weighted by molar-refractivity contribution is 9.10. The molecule has 0 fully saturated rings. The molecule has 0 unspecified atom stereocenters. The van der Waals surface area contributed by atoms with Crippen LogP contribution in [0.15, 0.2) is 27.8 Å². The van der Waals surface area contributed by atoms with Gasteiger partial charge in [0.25, 0.3) is 0 Å². The predicted molar refractivity (Wildman–Crippen MR) is 88.8 cm³/mol. The van der Waals surface area contributed by atoms with Crippen LogP contribution >= 0.6 is 15.9 Å². The van der Waals surface area contributed by atoms with Crippen molar-refractivity contribution in [3.05, 3.63) is 22.9 Å². The second-order valence-electron chi connectivity index (χ2n) is 4.72. The van der Waals surface area contributed by atoms with E-state index >= 15 is 0 Å². The van der Waals surface area contributed by atoms with Crippen LogP contribution in [-0.4, -0.2) is 55.3 Å². The number of hydrogen-bond acceptors (Lipinski definition) is 4. The molecule has 0 radical (unpaired) electrons. The van der Waals surface area contributed by atoms with Crippen molar-refractivity contribution >= 4 is 26.0 Å². The number of nitrogens with zero attached hydrogens (tertiary/aromatic N) is 3. The Balaban J connectivity index is 2.74. The second kappa shape index (κ2) is 8.82. The fraction of sp³-hybridized carbons (Fsp3) is 0.643. The van der Waals surface area contributed by atoms with Crippen molar-refractivity contribution in [3.8, 4) is 0 Å². The van der Waals surface area contributed by atoms with Crippen LogP contribution in [0.3, 0.4) is 0 Å². The Morgan fingerprint density at radius 2 is 1.76 bits per heavy atom. The van der Waals surface area contributed by atoms with E-state index in [4.69, 9.17) is 0 Å². The van der Waals surface area contributed by atoms with Crippen LogP contribution in [0.5, 0.6) is 0 Å². The van der Waals surface area contributed by atoms with E-state index in [1.54, 1.807) is 12.3 Å². The van der Waals surface area contributed by atoms with E-state index in [2.05, 4.69) is 39.7 Å². The molecule has 0 aliphatic carbocycles. The zero-order valence-corrected chi connectivity index (χ0v) is 15.3. The summed E-state index contributed by atoms with van der Waals surface area (Å²) < 4.78 is 27.3. The van der Waals surface area contributed by atoms with Gasteiger partial charge in [-0.25, -0.2) is 8.42 Å². The zero-order valence-electron chi connectivity index (χ0n) is 12.9. The molecule has 0 amide bonds. The molecule has 0 aromatic carbocycles. The average Bonchev–Trinajstić information content (AvgIpc) is 2.47. The molecule has 21 heavy (non-hydrogen) atoms. The molecule has 1 aromatic heterocycles. The van der Waals surface area contributed by atoms with Gasteiger partial charge in [-0.3, -0.25) is 4.98 Å². The summed E-state index contributed by atoms with van der Waals surface area (Å²) in [6.07, 6.45) is 3.80. The number of pyridine rings is 1. The van der Waals surface area contributed by atoms with E-state index in [1.165, 1.54) is 10.5 Å². The van der Waals surface area contributed by atoms with Gasteiger partial charge in [0.15, 0.2) is 0 Å². The summed E-state index contributed by atoms with van der Waals surface area (Å²) in [5, 5.41) is 0. The first-order valence-corrected chi connectivity index (χ1v) is 9.52. The van der Waals surface area contributed by atoms with Gasteiger partial charge in [-0.15, -0.1) is 0 Å². The highest BCUT2D eigenvalue weighted by Crippen LogP contribution is 2.18. The number of sulfonamides is 1. The topological polar surface area (TPSA) is 53.5 Å². The van der Waals surface area contributed by atoms with E-state index in [1.807, 2.05) is 6.92 Å². The molecule has 0 bridgehead atoms. The number of halogens is 1. The third-order valence-corrected chi connectivity index (χ3v) is 5.82. The highest BCUT2D eigenvalue weighted by Gasteiger charge is 2.23. The molecule has 0 saturated heterocycles. The van der Waals surface area contributed by atoms with Crippen molar-refractivity contribution in [3.63, 3.8) is 0 Å². The molecule has 0 saturated carbocycles. The first-order valence-electron chi connectivity index (χ1n) is 7.28. The molecule has 5 nitrogen and oxygen atoms in total. The van der Waals surface area contributed by atoms with E-state index in [0.29, 0.717) is 17.6 Å². The number of hydrogen-bond donors (Lipinski definition) is 0. The van der Waals surface area contributed by atoms with Crippen LogP contribution in [-0.2, 0) is 10.0 Å². The molecule has 0 aliphatic heterocycles. The van der Waals surface area contributed by atoms with Gasteiger partial charge in [-0.2, -0.15) is 4.31 Å². The first kappa shape index (κ1) is 18.5. The van der Waals surface area contributed by atoms with E-state index in [0.717, 1.165) is 26.1 Å². The lowest BCUT2D eigenvalue weighted by atomic mass is 10.3. The van der Waals surface area contributed by atoms with E-state index in [-0.39, 0.29) is 4.90 Å². The Morgan fingerprint density at radius 1 is 1.10 bits per heavy atom. The Bertz CT molecular complexity index is 533. The third-order valence-electron chi connectivity index (χ3n) is 3.45. The molecule has 120 valence electrons. The molecule has 0 aliphatic rings. The Hall–Kier alpha value is -0.500. The lowest BCUT2D eigenvalue weighted by Crippen LogP contribution is -2.34. The maximum atomic E-state index is 12.6. The largest absolute Gasteiger partial charge is 0.304 e. The number of rotatable bonds is 9. The SMILES string of the molecule is CCN(CC)CCCN(CC)S(=O)(=O)c1cncc(Br)c1. The van der Waals surface area contributed by atoms with E-state index in [9.17, 15) is 8.42 Å². The lowest BCUT2D eigenvalue weighted by molar-refractivity contribution is 0.285. The van der Waals surface area contributed by atoms with Crippen molar-refractivity contribution < 1.29 is 8.42 Å². The molecule has 1 heterocycles. The minimum atomic E-state index is -3.46. The maximum Gasteiger partial charge on any atom is 0.244 e. The molecular weight excluding hydrogens is 354 g/mol. The van der Waals surface area contributed by atoms with Crippen molar-refractivity contribution in [2.45, 2.75) is 32.1 Å². The third kappa shape index (κ3) is 5.32. The smallest absolute Gasteiger partial charge is 0.244 e. The summed E-state index contributed by atoms with van der Waals surface area (Å²) in [4.78, 5) is 6.47. The van der Waals surface area contributed by atoms with Gasteiger partial charge in [0.1, 0.15) is 4.90 Å². The van der Waals surface area contributed by atoms with Gasteiger partial charge in [-0.1, -0.05) is 20.8 Å². The first-order chi connectivity index (χ1) is 9.95. The number of aromatic nitrogens is 1. The Morgan fingerprint density at radius 3 is 2.29 bits per heavy atom. The summed E-state index contributed by atoms with van der Waals surface area (Å²) in [5.41, 5.74) is 0. The van der Waals surface area contributed by atoms with Crippen LogP contribution in [0.25, 0.3) is 0 Å². The highest BCUT2D eigenvalue weighted by atomic mass is 79.9. The summed E-state index contributed by atoms with van der Waals surface area (Å²) >= 11 is 3.26. The van der Waals surface area contributed by atoms with Gasteiger partial charge < -0.3 is 4.90 Å². The second-order valence-corrected chi connectivity index (χ2v) is 7.57. The Kier molecular flexibility index (Phi) is 7.79. The van der Waals surface area contributed by atoms with Crippen LogP contribution in [0.1, 0.15) is 27.2 Å². The Labute approximate surface area is 136 Å². The van der Waals surface area contributed by atoms with Gasteiger partial charge >= 0.3 is 0 Å². The van der Waals surface area contributed by atoms with Crippen LogP contribution in [0, 0.1) is 0 Å². The molecule has 0 spiro atoms. The van der Waals surface area contributed by atoms with Crippen LogP contribution in [0.4, 0.5) is 0 Å². The summed E-state index contributed by atoms with van der Waals surface area (Å²) in [6.45, 7) is 9.98. The quantitative estimate of drug-likeness (QED) is 0.663. The summed E-state index contributed by atoms with van der Waals surface area (Å²) in [6, 6.07) is 1.59. The molecule has 7 heteroatoms. The maximum absolute atomic E-state index is 12.6. The van der Waals surface area contributed by atoms with Crippen LogP contribution in [0.2, 0.25) is 0 Å². The summed E-state index contributed by atoms with van der Waals surface area (Å²) in [5.74, 6) is 0. The molecular formula is C14H24BrN3O2S. The van der Waals surface area contributed by atoms with Gasteiger partial charge in [0, 0.05) is 30.0 Å². The lowest BCUT2D eigenvalue weighted by Gasteiger charge is -2.23. The summed E-state index contributed by atoms with van der Waals surface area (Å²) in [7, 11) is -3.46. The van der Waals surface area contributed by atoms with Gasteiger partial charge in [-0.05, 0) is 48.1 Å². The molecule has 0 atom stereocenters. The fourth-order valence-electron chi connectivity index (χ4n) is 2.14. The standard InChI is InChI=1S/C14H24BrN3O2S/c1-4-17(5-2)8-7-9-18(6-3)21(19,20)14-10-13(15)11-16-12-14/h10-12H,4-9H2,1-3H3. The van der Waals surface area contributed by atoms with Gasteiger partial charge in [0.2, 0.25) is 10.0 Å². The minimum absolute atomic E-state index is 0.238. The minimum Gasteiger partial charge on any atom is -0.304 e. The van der Waals surface area contributed by atoms with Crippen molar-refractivity contribution in [1.82, 2.24) is 14.2 Å². The van der Waals surface area contributed by atoms with Crippen LogP contribution < -0.4 is 0 Å². The average molecular weight is 378 g/mol. The normalized spacial score (nSPS) is 12.3. The van der Waals surface area contributed by atoms with Crippen molar-refractivity contribution in [2.75, 3.05) is 32.7 Å². The fourth-order valence-corrected chi connectivity index (χ4v) is 4.14. The van der Waals surface area contributed by atoms with Crippen molar-refractivity contribution in [1.29, 1.82) is 0 Å². The molecule has 1 rings (SSSR count). The molecule has 0 N–H and O–H groups in total. The zero-order chi connectivity index (χ0) is 15.9. The van der Waals surface area contributed by atoms with Crippen molar-refractivity contribution in [2.24, 2.45) is 0 Å². The van der Waals surface area contributed by atoms with E-state index < -0.39 is 10.0 Å². The predicted octanol–water partition coefficient (Wildman–Crippen LogP) is 2.59. The monoisotopic (exact) mass is 377 g/mol. The van der Waals surface area contributed by atoms with Gasteiger partial charge in [0.05, 0.1) is 0 Å².